The molecule has 0 unspecified atom stereocenters. The number of aromatic amines is 1. The minimum Gasteiger partial charge on any atom is -0.385 e. The number of nitrogen functional groups attached to an aromatic ring is 1. The van der Waals surface area contributed by atoms with Crippen molar-refractivity contribution in [2.45, 2.75) is 11.4 Å². The molecule has 0 saturated heterocycles. The van der Waals surface area contributed by atoms with Gasteiger partial charge in [-0.1, -0.05) is 0 Å². The Morgan fingerprint density at radius 1 is 1.67 bits per heavy atom. The topological polar surface area (TPSA) is 41.8 Å². The summed E-state index contributed by atoms with van der Waals surface area (Å²) in [6, 6.07) is 2.02. The molecule has 1 aliphatic heterocycles. The van der Waals surface area contributed by atoms with E-state index in [2.05, 4.69) is 4.98 Å². The third-order valence-corrected chi connectivity index (χ3v) is 2.56. The van der Waals surface area contributed by atoms with Gasteiger partial charge in [-0.3, -0.25) is 0 Å². The Labute approximate surface area is 57.8 Å². The molecule has 0 aliphatic carbocycles. The number of hydrogen-bond donors (Lipinski definition) is 2. The molecule has 48 valence electrons. The zero-order chi connectivity index (χ0) is 6.27. The van der Waals surface area contributed by atoms with E-state index in [0.29, 0.717) is 0 Å². The van der Waals surface area contributed by atoms with Crippen molar-refractivity contribution in [2.24, 2.45) is 0 Å². The summed E-state index contributed by atoms with van der Waals surface area (Å²) >= 11 is 1.85. The van der Waals surface area contributed by atoms with Crippen molar-refractivity contribution in [3.63, 3.8) is 0 Å². The molecule has 0 amide bonds. The van der Waals surface area contributed by atoms with Crippen molar-refractivity contribution in [1.82, 2.24) is 4.98 Å². The lowest BCUT2D eigenvalue weighted by molar-refractivity contribution is 1.12. The van der Waals surface area contributed by atoms with Gasteiger partial charge >= 0.3 is 0 Å². The molecule has 2 rings (SSSR count). The number of aryl methyl sites for hydroxylation is 1. The highest BCUT2D eigenvalue weighted by atomic mass is 32.2. The standard InChI is InChI=1S/C6H8N2S/c7-5-3-4-1-2-9-6(4)8-5/h3,8H,1-2,7H2. The molecule has 0 atom stereocenters. The van der Waals surface area contributed by atoms with Gasteiger partial charge in [-0.15, -0.1) is 11.8 Å². The molecule has 3 N–H and O–H groups in total. The highest BCUT2D eigenvalue weighted by molar-refractivity contribution is 7.99. The number of anilines is 1. The zero-order valence-corrected chi connectivity index (χ0v) is 5.79. The lowest BCUT2D eigenvalue weighted by Crippen LogP contribution is -1.82. The SMILES string of the molecule is Nc1cc2c([nH]1)SCC2. The third-order valence-electron chi connectivity index (χ3n) is 1.50. The Kier molecular flexibility index (Phi) is 0.990. The van der Waals surface area contributed by atoms with Crippen LogP contribution in [0.5, 0.6) is 0 Å². The van der Waals surface area contributed by atoms with Crippen molar-refractivity contribution in [3.05, 3.63) is 11.6 Å². The number of hydrogen-bond acceptors (Lipinski definition) is 2. The number of nitrogens with one attached hydrogen (secondary N) is 1. The molecule has 0 spiro atoms. The first-order chi connectivity index (χ1) is 4.36. The van der Waals surface area contributed by atoms with Gasteiger partial charge < -0.3 is 10.7 Å². The van der Waals surface area contributed by atoms with Gasteiger partial charge in [0.25, 0.3) is 0 Å². The molecule has 1 aromatic rings. The molecule has 0 aromatic carbocycles. The smallest absolute Gasteiger partial charge is 0.101 e. The highest BCUT2D eigenvalue weighted by Crippen LogP contribution is 2.31. The monoisotopic (exact) mass is 140 g/mol. The van der Waals surface area contributed by atoms with E-state index in [0.717, 1.165) is 5.82 Å². The van der Waals surface area contributed by atoms with Crippen LogP contribution in [0.3, 0.4) is 0 Å². The van der Waals surface area contributed by atoms with Crippen LogP contribution < -0.4 is 5.73 Å². The van der Waals surface area contributed by atoms with Crippen molar-refractivity contribution in [3.8, 4) is 0 Å². The summed E-state index contributed by atoms with van der Waals surface area (Å²) in [7, 11) is 0. The van der Waals surface area contributed by atoms with E-state index in [-0.39, 0.29) is 0 Å². The van der Waals surface area contributed by atoms with Crippen LogP contribution in [0.4, 0.5) is 5.82 Å². The van der Waals surface area contributed by atoms with Crippen LogP contribution in [-0.4, -0.2) is 10.7 Å². The molecule has 2 heterocycles. The summed E-state index contributed by atoms with van der Waals surface area (Å²) in [5, 5.41) is 1.27. The highest BCUT2D eigenvalue weighted by Gasteiger charge is 2.12. The average Bonchev–Trinajstić information content (AvgIpc) is 2.22. The fourth-order valence-electron chi connectivity index (χ4n) is 1.08. The van der Waals surface area contributed by atoms with Gasteiger partial charge in [0.05, 0.1) is 5.03 Å². The molecule has 0 radical (unpaired) electrons. The van der Waals surface area contributed by atoms with Gasteiger partial charge in [0.15, 0.2) is 0 Å². The van der Waals surface area contributed by atoms with Crippen LogP contribution in [0.25, 0.3) is 0 Å². The van der Waals surface area contributed by atoms with Gasteiger partial charge in [-0.25, -0.2) is 0 Å². The predicted octanol–water partition coefficient (Wildman–Crippen LogP) is 1.25. The second-order valence-electron chi connectivity index (χ2n) is 2.18. The van der Waals surface area contributed by atoms with Crippen molar-refractivity contribution in [1.29, 1.82) is 0 Å². The summed E-state index contributed by atoms with van der Waals surface area (Å²) in [5.74, 6) is 2.01. The summed E-state index contributed by atoms with van der Waals surface area (Å²) in [6.07, 6.45) is 1.17. The molecule has 3 heteroatoms. The van der Waals surface area contributed by atoms with Crippen LogP contribution in [0.1, 0.15) is 5.56 Å². The van der Waals surface area contributed by atoms with Gasteiger partial charge in [-0.05, 0) is 18.1 Å². The lowest BCUT2D eigenvalue weighted by Gasteiger charge is -1.84. The largest absolute Gasteiger partial charge is 0.385 e. The molecule has 1 aromatic heterocycles. The second-order valence-corrected chi connectivity index (χ2v) is 3.28. The lowest BCUT2D eigenvalue weighted by atomic mass is 10.3. The van der Waals surface area contributed by atoms with Crippen molar-refractivity contribution in [2.75, 3.05) is 11.5 Å². The normalized spacial score (nSPS) is 16.0. The second kappa shape index (κ2) is 1.70. The first-order valence-corrected chi connectivity index (χ1v) is 3.95. The summed E-state index contributed by atoms with van der Waals surface area (Å²) < 4.78 is 0. The fourth-order valence-corrected chi connectivity index (χ4v) is 2.14. The maximum atomic E-state index is 5.52. The fraction of sp³-hybridized carbons (Fsp3) is 0.333. The minimum atomic E-state index is 0.798. The molecule has 0 bridgehead atoms. The molecule has 0 saturated carbocycles. The quantitative estimate of drug-likeness (QED) is 0.569. The summed E-state index contributed by atoms with van der Waals surface area (Å²) in [6.45, 7) is 0. The van der Waals surface area contributed by atoms with Crippen LogP contribution in [-0.2, 0) is 6.42 Å². The Morgan fingerprint density at radius 3 is 3.33 bits per heavy atom. The van der Waals surface area contributed by atoms with Crippen LogP contribution in [0, 0.1) is 0 Å². The summed E-state index contributed by atoms with van der Waals surface area (Å²) in [5.41, 5.74) is 6.91. The summed E-state index contributed by atoms with van der Waals surface area (Å²) in [4.78, 5) is 3.10. The first kappa shape index (κ1) is 5.23. The molecular formula is C6H8N2S. The van der Waals surface area contributed by atoms with E-state index in [1.54, 1.807) is 0 Å². The molecular weight excluding hydrogens is 132 g/mol. The van der Waals surface area contributed by atoms with E-state index in [1.165, 1.54) is 22.8 Å². The van der Waals surface area contributed by atoms with Gasteiger partial charge in [0.1, 0.15) is 5.82 Å². The van der Waals surface area contributed by atoms with Crippen LogP contribution >= 0.6 is 11.8 Å². The average molecular weight is 140 g/mol. The van der Waals surface area contributed by atoms with Gasteiger partial charge in [-0.2, -0.15) is 0 Å². The van der Waals surface area contributed by atoms with E-state index in [9.17, 15) is 0 Å². The number of rotatable bonds is 0. The molecule has 0 fully saturated rings. The zero-order valence-electron chi connectivity index (χ0n) is 4.98. The van der Waals surface area contributed by atoms with Crippen molar-refractivity contribution >= 4 is 17.6 Å². The number of fused-ring (bicyclic) bond motifs is 1. The van der Waals surface area contributed by atoms with E-state index < -0.39 is 0 Å². The number of nitrogens with two attached hydrogens (primary N) is 1. The maximum absolute atomic E-state index is 5.52. The van der Waals surface area contributed by atoms with E-state index in [1.807, 2.05) is 17.8 Å². The van der Waals surface area contributed by atoms with Gasteiger partial charge in [0, 0.05) is 5.75 Å². The molecule has 2 nitrogen and oxygen atoms in total. The molecule has 1 aliphatic rings. The van der Waals surface area contributed by atoms with Crippen LogP contribution in [0.2, 0.25) is 0 Å². The Bertz CT molecular complexity index is 207. The Balaban J connectivity index is 2.51. The van der Waals surface area contributed by atoms with Gasteiger partial charge in [0.2, 0.25) is 0 Å². The number of thioether (sulfide) groups is 1. The predicted molar refractivity (Wildman–Crippen MR) is 39.6 cm³/mol. The first-order valence-electron chi connectivity index (χ1n) is 2.96. The van der Waals surface area contributed by atoms with E-state index in [4.69, 9.17) is 5.73 Å². The Morgan fingerprint density at radius 2 is 2.56 bits per heavy atom. The number of aromatic nitrogens is 1. The maximum Gasteiger partial charge on any atom is 0.101 e. The number of H-pyrrole nitrogens is 1. The van der Waals surface area contributed by atoms with Crippen LogP contribution in [0.15, 0.2) is 11.1 Å². The van der Waals surface area contributed by atoms with E-state index >= 15 is 0 Å². The van der Waals surface area contributed by atoms with Crippen molar-refractivity contribution < 1.29 is 0 Å². The Hall–Kier alpha value is -0.570. The minimum absolute atomic E-state index is 0.798. The third kappa shape index (κ3) is 0.721. The molecule has 9 heavy (non-hydrogen) atoms.